The van der Waals surface area contributed by atoms with Crippen molar-refractivity contribution in [3.05, 3.63) is 41.0 Å². The van der Waals surface area contributed by atoms with Gasteiger partial charge in [-0.05, 0) is 37.5 Å². The summed E-state index contributed by atoms with van der Waals surface area (Å²) in [6, 6.07) is 7.42. The van der Waals surface area contributed by atoms with Crippen molar-refractivity contribution in [1.82, 2.24) is 10.6 Å². The summed E-state index contributed by atoms with van der Waals surface area (Å²) in [4.78, 5) is 24.4. The summed E-state index contributed by atoms with van der Waals surface area (Å²) < 4.78 is 0. The molecule has 5 nitrogen and oxygen atoms in total. The maximum atomic E-state index is 12.2. The number of amides is 2. The first-order valence-electron chi connectivity index (χ1n) is 7.25. The zero-order valence-electron chi connectivity index (χ0n) is 12.0. The Bertz CT molecular complexity index is 612. The van der Waals surface area contributed by atoms with Crippen LogP contribution in [0.5, 0.6) is 0 Å². The van der Waals surface area contributed by atoms with Crippen molar-refractivity contribution in [3.63, 3.8) is 0 Å². The molecule has 2 aliphatic rings. The largest absolute Gasteiger partial charge is 0.349 e. The van der Waals surface area contributed by atoms with Crippen LogP contribution < -0.4 is 16.0 Å². The normalized spacial score (nSPS) is 16.9. The Balaban J connectivity index is 1.75. The van der Waals surface area contributed by atoms with Crippen molar-refractivity contribution in [2.75, 3.05) is 18.4 Å². The number of rotatable bonds is 4. The van der Waals surface area contributed by atoms with E-state index in [9.17, 15) is 9.59 Å². The van der Waals surface area contributed by atoms with E-state index in [1.54, 1.807) is 18.2 Å². The third-order valence-electron chi connectivity index (χ3n) is 3.88. The lowest BCUT2D eigenvalue weighted by Crippen LogP contribution is -2.36. The van der Waals surface area contributed by atoms with Gasteiger partial charge in [0.25, 0.3) is 11.8 Å². The van der Waals surface area contributed by atoms with E-state index in [-0.39, 0.29) is 11.8 Å². The van der Waals surface area contributed by atoms with Crippen molar-refractivity contribution >= 4 is 17.5 Å². The van der Waals surface area contributed by atoms with E-state index < -0.39 is 0 Å². The zero-order chi connectivity index (χ0) is 14.8. The molecule has 0 bridgehead atoms. The fourth-order valence-electron chi connectivity index (χ4n) is 2.17. The zero-order valence-corrected chi connectivity index (χ0v) is 12.0. The summed E-state index contributed by atoms with van der Waals surface area (Å²) >= 11 is 0. The summed E-state index contributed by atoms with van der Waals surface area (Å²) in [5, 5.41) is 8.91. The van der Waals surface area contributed by atoms with Gasteiger partial charge < -0.3 is 16.0 Å². The number of para-hydroxylation sites is 1. The van der Waals surface area contributed by atoms with E-state index in [2.05, 4.69) is 16.0 Å². The van der Waals surface area contributed by atoms with Gasteiger partial charge in [0.15, 0.2) is 0 Å². The second kappa shape index (κ2) is 5.69. The van der Waals surface area contributed by atoms with Crippen LogP contribution in [0.2, 0.25) is 0 Å². The number of carbonyl (C=O) groups is 2. The van der Waals surface area contributed by atoms with Gasteiger partial charge in [0.05, 0.1) is 11.3 Å². The van der Waals surface area contributed by atoms with Gasteiger partial charge in [0.2, 0.25) is 0 Å². The number of hydrogen-bond donors (Lipinski definition) is 3. The third kappa shape index (κ3) is 3.13. The van der Waals surface area contributed by atoms with Crippen LogP contribution in [0.4, 0.5) is 5.69 Å². The van der Waals surface area contributed by atoms with Crippen LogP contribution in [0.3, 0.4) is 0 Å². The molecular weight excluding hydrogens is 266 g/mol. The summed E-state index contributed by atoms with van der Waals surface area (Å²) in [5.74, 6) is -0.262. The molecule has 2 fully saturated rings. The monoisotopic (exact) mass is 285 g/mol. The topological polar surface area (TPSA) is 70.2 Å². The van der Waals surface area contributed by atoms with Gasteiger partial charge in [-0.1, -0.05) is 12.1 Å². The van der Waals surface area contributed by atoms with Crippen LogP contribution >= 0.6 is 0 Å². The molecule has 3 N–H and O–H groups in total. The standard InChI is InChI=1S/C16H19N3O2/c1-10(11-8-17-9-11)15(20)19-14-5-3-2-4-13(14)16(21)18-12-6-7-12/h2-5,12,17H,6-9H2,1H3,(H,18,21)(H,19,20). The smallest absolute Gasteiger partial charge is 0.253 e. The highest BCUT2D eigenvalue weighted by Gasteiger charge is 2.25. The number of anilines is 1. The number of benzene rings is 1. The lowest BCUT2D eigenvalue weighted by molar-refractivity contribution is -0.112. The summed E-state index contributed by atoms with van der Waals surface area (Å²) in [5.41, 5.74) is 2.92. The molecule has 1 aromatic rings. The van der Waals surface area contributed by atoms with Crippen LogP contribution in [0.1, 0.15) is 30.1 Å². The van der Waals surface area contributed by atoms with Gasteiger partial charge in [-0.25, -0.2) is 0 Å². The maximum Gasteiger partial charge on any atom is 0.253 e. The summed E-state index contributed by atoms with van der Waals surface area (Å²) in [6.45, 7) is 3.35. The molecule has 1 aliphatic heterocycles. The molecule has 21 heavy (non-hydrogen) atoms. The molecule has 1 aromatic carbocycles. The molecule has 0 unspecified atom stereocenters. The van der Waals surface area contributed by atoms with Gasteiger partial charge in [-0.15, -0.1) is 0 Å². The predicted octanol–water partition coefficient (Wildman–Crippen LogP) is 1.44. The number of hydrogen-bond acceptors (Lipinski definition) is 3. The van der Waals surface area contributed by atoms with E-state index in [1.165, 1.54) is 0 Å². The van der Waals surface area contributed by atoms with Crippen molar-refractivity contribution in [1.29, 1.82) is 0 Å². The highest BCUT2D eigenvalue weighted by atomic mass is 16.2. The molecule has 0 radical (unpaired) electrons. The van der Waals surface area contributed by atoms with Gasteiger partial charge in [-0.3, -0.25) is 9.59 Å². The van der Waals surface area contributed by atoms with Gasteiger partial charge in [-0.2, -0.15) is 0 Å². The molecule has 5 heteroatoms. The highest BCUT2D eigenvalue weighted by molar-refractivity contribution is 6.08. The van der Waals surface area contributed by atoms with Crippen molar-refractivity contribution in [2.24, 2.45) is 0 Å². The second-order valence-electron chi connectivity index (χ2n) is 5.58. The molecular formula is C16H19N3O2. The van der Waals surface area contributed by atoms with Crippen LogP contribution in [0, 0.1) is 0 Å². The number of nitrogens with one attached hydrogen (secondary N) is 3. The Morgan fingerprint density at radius 3 is 2.52 bits per heavy atom. The van der Waals surface area contributed by atoms with Crippen molar-refractivity contribution in [3.8, 4) is 0 Å². The van der Waals surface area contributed by atoms with Crippen LogP contribution in [0.15, 0.2) is 35.4 Å². The average molecular weight is 285 g/mol. The maximum absolute atomic E-state index is 12.2. The molecule has 0 aromatic heterocycles. The molecule has 110 valence electrons. The van der Waals surface area contributed by atoms with Gasteiger partial charge in [0, 0.05) is 24.7 Å². The lowest BCUT2D eigenvalue weighted by Gasteiger charge is -2.21. The molecule has 2 amide bonds. The minimum Gasteiger partial charge on any atom is -0.349 e. The van der Waals surface area contributed by atoms with Crippen LogP contribution in [-0.4, -0.2) is 30.9 Å². The average Bonchev–Trinajstić information content (AvgIpc) is 3.21. The molecule has 1 saturated carbocycles. The van der Waals surface area contributed by atoms with E-state index in [0.717, 1.165) is 37.1 Å². The molecule has 1 heterocycles. The fraction of sp³-hybridized carbons (Fsp3) is 0.375. The SMILES string of the molecule is CC(C(=O)Nc1ccccc1C(=O)NC1CC1)=C1CNC1. The number of carbonyl (C=O) groups excluding carboxylic acids is 2. The summed E-state index contributed by atoms with van der Waals surface area (Å²) in [7, 11) is 0. The third-order valence-corrected chi connectivity index (χ3v) is 3.88. The minimum atomic E-state index is -0.141. The molecule has 0 atom stereocenters. The van der Waals surface area contributed by atoms with Crippen molar-refractivity contribution < 1.29 is 9.59 Å². The Hall–Kier alpha value is -2.14. The molecule has 1 saturated heterocycles. The second-order valence-corrected chi connectivity index (χ2v) is 5.58. The lowest BCUT2D eigenvalue weighted by atomic mass is 10.0. The fourth-order valence-corrected chi connectivity index (χ4v) is 2.17. The minimum absolute atomic E-state index is 0.121. The first-order chi connectivity index (χ1) is 10.1. The molecule has 0 spiro atoms. The first-order valence-corrected chi connectivity index (χ1v) is 7.25. The van der Waals surface area contributed by atoms with E-state index in [4.69, 9.17) is 0 Å². The predicted molar refractivity (Wildman–Crippen MR) is 81.1 cm³/mol. The van der Waals surface area contributed by atoms with E-state index >= 15 is 0 Å². The first kappa shape index (κ1) is 13.8. The molecule has 3 rings (SSSR count). The van der Waals surface area contributed by atoms with Gasteiger partial charge in [0.1, 0.15) is 0 Å². The van der Waals surface area contributed by atoms with E-state index in [1.807, 2.05) is 13.0 Å². The Morgan fingerprint density at radius 2 is 1.90 bits per heavy atom. The molecule has 1 aliphatic carbocycles. The van der Waals surface area contributed by atoms with E-state index in [0.29, 0.717) is 17.3 Å². The quantitative estimate of drug-likeness (QED) is 0.733. The van der Waals surface area contributed by atoms with Crippen LogP contribution in [0.25, 0.3) is 0 Å². The van der Waals surface area contributed by atoms with Crippen molar-refractivity contribution in [2.45, 2.75) is 25.8 Å². The highest BCUT2D eigenvalue weighted by Crippen LogP contribution is 2.22. The Labute approximate surface area is 123 Å². The Morgan fingerprint density at radius 1 is 1.19 bits per heavy atom. The van der Waals surface area contributed by atoms with Gasteiger partial charge >= 0.3 is 0 Å². The summed E-state index contributed by atoms with van der Waals surface area (Å²) in [6.07, 6.45) is 2.08. The Kier molecular flexibility index (Phi) is 3.75. The van der Waals surface area contributed by atoms with Crippen LogP contribution in [-0.2, 0) is 4.79 Å².